The van der Waals surface area contributed by atoms with E-state index < -0.39 is 5.79 Å². The molecule has 3 heteroatoms. The third-order valence-electron chi connectivity index (χ3n) is 4.31. The summed E-state index contributed by atoms with van der Waals surface area (Å²) in [6, 6.07) is 0. The lowest BCUT2D eigenvalue weighted by Gasteiger charge is -2.53. The molecule has 0 N–H and O–H groups in total. The molecule has 94 valence electrons. The highest BCUT2D eigenvalue weighted by Crippen LogP contribution is 2.51. The maximum Gasteiger partial charge on any atom is 0.289 e. The molecule has 3 aliphatic rings. The first-order valence-corrected chi connectivity index (χ1v) is 6.46. The van der Waals surface area contributed by atoms with E-state index in [4.69, 9.17) is 14.2 Å². The second kappa shape index (κ2) is 3.44. The van der Waals surface area contributed by atoms with E-state index in [0.717, 1.165) is 18.4 Å². The Kier molecular flexibility index (Phi) is 2.22. The average molecular weight is 236 g/mol. The molecule has 4 unspecified atom stereocenters. The zero-order valence-electron chi connectivity index (χ0n) is 10.8. The maximum atomic E-state index is 6.05. The van der Waals surface area contributed by atoms with Crippen molar-refractivity contribution in [3.05, 3.63) is 23.9 Å². The maximum absolute atomic E-state index is 6.05. The number of hydrogen-bond donors (Lipinski definition) is 0. The van der Waals surface area contributed by atoms with Crippen LogP contribution in [0.25, 0.3) is 0 Å². The third-order valence-corrected chi connectivity index (χ3v) is 4.31. The first-order chi connectivity index (χ1) is 8.02. The van der Waals surface area contributed by atoms with Crippen LogP contribution in [-0.4, -0.2) is 11.9 Å². The normalized spacial score (nSPS) is 44.4. The van der Waals surface area contributed by atoms with E-state index in [1.165, 1.54) is 6.42 Å². The van der Waals surface area contributed by atoms with Gasteiger partial charge in [0.2, 0.25) is 0 Å². The van der Waals surface area contributed by atoms with Gasteiger partial charge in [0.15, 0.2) is 0 Å². The number of fused-ring (bicyclic) bond motifs is 1. The summed E-state index contributed by atoms with van der Waals surface area (Å²) in [4.78, 5) is 0. The SMILES string of the molecule is C=C1OC23CC(C)CCC2C(C)OC(=C1C)O3. The van der Waals surface area contributed by atoms with Gasteiger partial charge in [0.25, 0.3) is 11.7 Å². The van der Waals surface area contributed by atoms with Gasteiger partial charge in [-0.2, -0.15) is 0 Å². The van der Waals surface area contributed by atoms with Gasteiger partial charge in [0, 0.05) is 6.42 Å². The van der Waals surface area contributed by atoms with Crippen molar-refractivity contribution in [2.24, 2.45) is 11.8 Å². The molecule has 2 fully saturated rings. The fourth-order valence-electron chi connectivity index (χ4n) is 3.27. The van der Waals surface area contributed by atoms with Crippen molar-refractivity contribution >= 4 is 0 Å². The second-order valence-corrected chi connectivity index (χ2v) is 5.67. The zero-order valence-corrected chi connectivity index (χ0v) is 10.8. The fraction of sp³-hybridized carbons (Fsp3) is 0.714. The van der Waals surface area contributed by atoms with Crippen molar-refractivity contribution in [2.75, 3.05) is 0 Å². The Labute approximate surface area is 102 Å². The summed E-state index contributed by atoms with van der Waals surface area (Å²) in [6.45, 7) is 10.3. The molecule has 1 aliphatic carbocycles. The molecular formula is C14H20O3. The van der Waals surface area contributed by atoms with Gasteiger partial charge in [0.05, 0.1) is 11.5 Å². The lowest BCUT2D eigenvalue weighted by atomic mass is 9.74. The van der Waals surface area contributed by atoms with E-state index >= 15 is 0 Å². The van der Waals surface area contributed by atoms with Crippen LogP contribution in [0.1, 0.15) is 40.0 Å². The highest BCUT2D eigenvalue weighted by Gasteiger charge is 2.56. The van der Waals surface area contributed by atoms with Crippen molar-refractivity contribution in [3.8, 4) is 0 Å². The standard InChI is InChI=1S/C14H20O3/c1-8-5-6-12-11(4)15-13-9(2)10(3)16-14(12,7-8)17-13/h8,11-12H,3,5-7H2,1-2,4H3. The largest absolute Gasteiger partial charge is 0.461 e. The highest BCUT2D eigenvalue weighted by atomic mass is 16.8. The lowest BCUT2D eigenvalue weighted by Crippen LogP contribution is -2.57. The molecule has 0 aromatic carbocycles. The average Bonchev–Trinajstić information content (AvgIpc) is 2.25. The molecule has 2 heterocycles. The Bertz CT molecular complexity index is 398. The first-order valence-electron chi connectivity index (χ1n) is 6.46. The van der Waals surface area contributed by atoms with Gasteiger partial charge in [-0.05, 0) is 32.6 Å². The van der Waals surface area contributed by atoms with E-state index in [1.807, 2.05) is 6.92 Å². The summed E-state index contributed by atoms with van der Waals surface area (Å²) >= 11 is 0. The molecule has 1 saturated carbocycles. The molecule has 3 nitrogen and oxygen atoms in total. The quantitative estimate of drug-likeness (QED) is 0.645. The Balaban J connectivity index is 2.03. The van der Waals surface area contributed by atoms with Crippen LogP contribution in [0.2, 0.25) is 0 Å². The molecule has 1 spiro atoms. The van der Waals surface area contributed by atoms with Crippen LogP contribution >= 0.6 is 0 Å². The minimum Gasteiger partial charge on any atom is -0.461 e. The molecule has 17 heavy (non-hydrogen) atoms. The van der Waals surface area contributed by atoms with Gasteiger partial charge >= 0.3 is 0 Å². The van der Waals surface area contributed by atoms with Crippen molar-refractivity contribution in [3.63, 3.8) is 0 Å². The number of rotatable bonds is 0. The Morgan fingerprint density at radius 3 is 2.76 bits per heavy atom. The molecule has 2 aliphatic heterocycles. The van der Waals surface area contributed by atoms with E-state index in [-0.39, 0.29) is 6.10 Å². The lowest BCUT2D eigenvalue weighted by molar-refractivity contribution is -0.330. The summed E-state index contributed by atoms with van der Waals surface area (Å²) in [5, 5.41) is 0. The van der Waals surface area contributed by atoms with E-state index in [9.17, 15) is 0 Å². The van der Waals surface area contributed by atoms with E-state index in [0.29, 0.717) is 23.5 Å². The molecule has 0 amide bonds. The molecule has 4 atom stereocenters. The number of ether oxygens (including phenoxy) is 3. The van der Waals surface area contributed by atoms with Gasteiger partial charge in [-0.25, -0.2) is 0 Å². The second-order valence-electron chi connectivity index (χ2n) is 5.67. The zero-order chi connectivity index (χ0) is 12.2. The van der Waals surface area contributed by atoms with Crippen LogP contribution in [0.3, 0.4) is 0 Å². The van der Waals surface area contributed by atoms with Crippen LogP contribution in [-0.2, 0) is 14.2 Å². The summed E-state index contributed by atoms with van der Waals surface area (Å²) in [5.74, 6) is 1.76. The minimum atomic E-state index is -0.513. The fourth-order valence-corrected chi connectivity index (χ4v) is 3.27. The topological polar surface area (TPSA) is 27.7 Å². The molecule has 0 aromatic rings. The van der Waals surface area contributed by atoms with Crippen LogP contribution in [0.4, 0.5) is 0 Å². The Hall–Kier alpha value is -1.12. The summed E-state index contributed by atoms with van der Waals surface area (Å²) in [5.41, 5.74) is 0.888. The highest BCUT2D eigenvalue weighted by molar-refractivity contribution is 5.26. The predicted octanol–water partition coefficient (Wildman–Crippen LogP) is 3.33. The summed E-state index contributed by atoms with van der Waals surface area (Å²) in [7, 11) is 0. The molecule has 0 aromatic heterocycles. The molecule has 3 rings (SSSR count). The number of allylic oxidation sites excluding steroid dienone is 1. The summed E-state index contributed by atoms with van der Waals surface area (Å²) < 4.78 is 17.9. The van der Waals surface area contributed by atoms with Gasteiger partial charge in [-0.15, -0.1) is 0 Å². The molecule has 1 saturated heterocycles. The van der Waals surface area contributed by atoms with Crippen LogP contribution < -0.4 is 0 Å². The van der Waals surface area contributed by atoms with Gasteiger partial charge in [-0.3, -0.25) is 0 Å². The van der Waals surface area contributed by atoms with Crippen molar-refractivity contribution in [2.45, 2.75) is 51.9 Å². The van der Waals surface area contributed by atoms with Gasteiger partial charge in [0.1, 0.15) is 11.9 Å². The van der Waals surface area contributed by atoms with Crippen molar-refractivity contribution in [1.82, 2.24) is 0 Å². The van der Waals surface area contributed by atoms with E-state index in [2.05, 4.69) is 20.4 Å². The van der Waals surface area contributed by atoms with Crippen LogP contribution in [0.15, 0.2) is 23.9 Å². The first kappa shape index (κ1) is 11.0. The van der Waals surface area contributed by atoms with Crippen molar-refractivity contribution in [1.29, 1.82) is 0 Å². The van der Waals surface area contributed by atoms with Crippen LogP contribution in [0, 0.1) is 11.8 Å². The van der Waals surface area contributed by atoms with Crippen LogP contribution in [0.5, 0.6) is 0 Å². The monoisotopic (exact) mass is 236 g/mol. The third kappa shape index (κ3) is 1.48. The molecular weight excluding hydrogens is 216 g/mol. The predicted molar refractivity (Wildman–Crippen MR) is 63.8 cm³/mol. The van der Waals surface area contributed by atoms with Gasteiger partial charge in [-0.1, -0.05) is 13.5 Å². The molecule has 2 bridgehead atoms. The minimum absolute atomic E-state index is 0.161. The summed E-state index contributed by atoms with van der Waals surface area (Å²) in [6.07, 6.45) is 3.41. The van der Waals surface area contributed by atoms with Crippen molar-refractivity contribution < 1.29 is 14.2 Å². The van der Waals surface area contributed by atoms with E-state index in [1.54, 1.807) is 0 Å². The Morgan fingerprint density at radius 1 is 1.24 bits per heavy atom. The smallest absolute Gasteiger partial charge is 0.289 e. The molecule has 0 radical (unpaired) electrons. The number of hydrogen-bond acceptors (Lipinski definition) is 3. The van der Waals surface area contributed by atoms with Gasteiger partial charge < -0.3 is 14.2 Å². The Morgan fingerprint density at radius 2 is 2.00 bits per heavy atom.